The monoisotopic (exact) mass is 295 g/mol. The van der Waals surface area contributed by atoms with E-state index in [2.05, 4.69) is 5.32 Å². The van der Waals surface area contributed by atoms with Crippen molar-refractivity contribution in [3.05, 3.63) is 34.9 Å². The molecule has 0 radical (unpaired) electrons. The summed E-state index contributed by atoms with van der Waals surface area (Å²) in [7, 11) is 1.96. The van der Waals surface area contributed by atoms with Crippen LogP contribution in [0.15, 0.2) is 24.3 Å². The highest BCUT2D eigenvalue weighted by molar-refractivity contribution is 6.31. The molecule has 5 heteroatoms. The number of nitrogens with zero attached hydrogens (tertiary/aromatic N) is 2. The van der Waals surface area contributed by atoms with Crippen LogP contribution in [0.2, 0.25) is 5.02 Å². The quantitative estimate of drug-likeness (QED) is 0.916. The van der Waals surface area contributed by atoms with Gasteiger partial charge in [-0.05, 0) is 31.6 Å². The van der Waals surface area contributed by atoms with E-state index < -0.39 is 0 Å². The maximum absolute atomic E-state index is 12.3. The molecule has 1 aromatic carbocycles. The molecule has 1 aliphatic rings. The number of carbonyl (C=O) groups excluding carboxylic acids is 1. The van der Waals surface area contributed by atoms with E-state index in [1.54, 1.807) is 0 Å². The molecule has 20 heavy (non-hydrogen) atoms. The van der Waals surface area contributed by atoms with Gasteiger partial charge >= 0.3 is 0 Å². The number of nitrogens with one attached hydrogen (secondary N) is 1. The number of likely N-dealkylation sites (N-methyl/N-ethyl adjacent to an activating group) is 1. The lowest BCUT2D eigenvalue weighted by atomic mass is 10.2. The Morgan fingerprint density at radius 1 is 1.35 bits per heavy atom. The van der Waals surface area contributed by atoms with E-state index >= 15 is 0 Å². The number of hydrogen-bond donors (Lipinski definition) is 1. The first kappa shape index (κ1) is 15.3. The summed E-state index contributed by atoms with van der Waals surface area (Å²) in [5, 5.41) is 4.06. The van der Waals surface area contributed by atoms with Crippen molar-refractivity contribution in [2.75, 3.05) is 39.8 Å². The van der Waals surface area contributed by atoms with Gasteiger partial charge in [-0.2, -0.15) is 0 Å². The molecule has 1 amide bonds. The smallest absolute Gasteiger partial charge is 0.236 e. The third-order valence-corrected chi connectivity index (χ3v) is 3.86. The minimum Gasteiger partial charge on any atom is -0.340 e. The van der Waals surface area contributed by atoms with Crippen molar-refractivity contribution in [2.24, 2.45) is 0 Å². The number of halogens is 1. The Hall–Kier alpha value is -1.10. The molecule has 1 heterocycles. The number of hydrogen-bond acceptors (Lipinski definition) is 3. The SMILES string of the molecule is CN(CC(=O)N1CCCNCC1)Cc1ccccc1Cl. The Kier molecular flexibility index (Phi) is 5.83. The standard InChI is InChI=1S/C15H22ClN3O/c1-18(11-13-5-2-3-6-14(13)16)12-15(20)19-9-4-7-17-8-10-19/h2-3,5-6,17H,4,7-12H2,1H3. The largest absolute Gasteiger partial charge is 0.340 e. The van der Waals surface area contributed by atoms with Gasteiger partial charge in [-0.15, -0.1) is 0 Å². The maximum atomic E-state index is 12.3. The zero-order valence-corrected chi connectivity index (χ0v) is 12.7. The van der Waals surface area contributed by atoms with Crippen LogP contribution >= 0.6 is 11.6 Å². The average Bonchev–Trinajstić information content (AvgIpc) is 2.70. The Morgan fingerprint density at radius 3 is 2.95 bits per heavy atom. The van der Waals surface area contributed by atoms with Crippen LogP contribution in [-0.2, 0) is 11.3 Å². The van der Waals surface area contributed by atoms with Gasteiger partial charge in [0.05, 0.1) is 6.54 Å². The van der Waals surface area contributed by atoms with Crippen molar-refractivity contribution in [1.82, 2.24) is 15.1 Å². The van der Waals surface area contributed by atoms with Crippen LogP contribution in [0.5, 0.6) is 0 Å². The molecular formula is C15H22ClN3O. The van der Waals surface area contributed by atoms with Gasteiger partial charge in [-0.1, -0.05) is 29.8 Å². The number of rotatable bonds is 4. The van der Waals surface area contributed by atoms with E-state index in [0.29, 0.717) is 13.1 Å². The van der Waals surface area contributed by atoms with E-state index in [1.807, 2.05) is 41.1 Å². The molecule has 1 aliphatic heterocycles. The predicted octanol–water partition coefficient (Wildman–Crippen LogP) is 1.59. The predicted molar refractivity (Wildman–Crippen MR) is 81.9 cm³/mol. The van der Waals surface area contributed by atoms with Crippen LogP contribution in [-0.4, -0.2) is 55.5 Å². The molecule has 1 N–H and O–H groups in total. The summed E-state index contributed by atoms with van der Waals surface area (Å²) in [6.45, 7) is 4.67. The van der Waals surface area contributed by atoms with Crippen molar-refractivity contribution in [1.29, 1.82) is 0 Å². The zero-order valence-electron chi connectivity index (χ0n) is 11.9. The highest BCUT2D eigenvalue weighted by Gasteiger charge is 2.17. The fourth-order valence-electron chi connectivity index (χ4n) is 2.40. The number of benzene rings is 1. The van der Waals surface area contributed by atoms with Crippen LogP contribution in [0.25, 0.3) is 0 Å². The summed E-state index contributed by atoms with van der Waals surface area (Å²) in [5.74, 6) is 0.197. The molecule has 1 saturated heterocycles. The third kappa shape index (κ3) is 4.47. The molecule has 0 bridgehead atoms. The molecule has 0 aliphatic carbocycles. The summed E-state index contributed by atoms with van der Waals surface area (Å²) in [5.41, 5.74) is 1.06. The third-order valence-electron chi connectivity index (χ3n) is 3.50. The summed E-state index contributed by atoms with van der Waals surface area (Å²) >= 11 is 6.14. The molecule has 1 aromatic rings. The number of carbonyl (C=O) groups is 1. The molecule has 0 unspecified atom stereocenters. The normalized spacial score (nSPS) is 16.2. The summed E-state index contributed by atoms with van der Waals surface area (Å²) in [4.78, 5) is 16.2. The Labute approximate surface area is 125 Å². The highest BCUT2D eigenvalue weighted by atomic mass is 35.5. The van der Waals surface area contributed by atoms with Gasteiger partial charge in [0, 0.05) is 31.2 Å². The molecule has 0 spiro atoms. The summed E-state index contributed by atoms with van der Waals surface area (Å²) < 4.78 is 0. The molecule has 2 rings (SSSR count). The molecule has 0 saturated carbocycles. The van der Waals surface area contributed by atoms with Gasteiger partial charge in [-0.25, -0.2) is 0 Å². The van der Waals surface area contributed by atoms with Gasteiger partial charge in [0.2, 0.25) is 5.91 Å². The molecule has 4 nitrogen and oxygen atoms in total. The van der Waals surface area contributed by atoms with Crippen molar-refractivity contribution in [3.8, 4) is 0 Å². The van der Waals surface area contributed by atoms with Crippen molar-refractivity contribution < 1.29 is 4.79 Å². The van der Waals surface area contributed by atoms with Crippen LogP contribution in [0.1, 0.15) is 12.0 Å². The topological polar surface area (TPSA) is 35.6 Å². The van der Waals surface area contributed by atoms with Gasteiger partial charge < -0.3 is 10.2 Å². The van der Waals surface area contributed by atoms with Gasteiger partial charge in [0.15, 0.2) is 0 Å². The van der Waals surface area contributed by atoms with E-state index in [-0.39, 0.29) is 5.91 Å². The van der Waals surface area contributed by atoms with Crippen molar-refractivity contribution in [3.63, 3.8) is 0 Å². The summed E-state index contributed by atoms with van der Waals surface area (Å²) in [6, 6.07) is 7.77. The van der Waals surface area contributed by atoms with Gasteiger partial charge in [-0.3, -0.25) is 9.69 Å². The van der Waals surface area contributed by atoms with Gasteiger partial charge in [0.1, 0.15) is 0 Å². The molecule has 0 atom stereocenters. The van der Waals surface area contributed by atoms with Crippen LogP contribution in [0, 0.1) is 0 Å². The lowest BCUT2D eigenvalue weighted by Crippen LogP contribution is -2.40. The second-order valence-corrected chi connectivity index (χ2v) is 5.66. The molecule has 1 fully saturated rings. The summed E-state index contributed by atoms with van der Waals surface area (Å²) in [6.07, 6.45) is 1.03. The maximum Gasteiger partial charge on any atom is 0.236 e. The molecular weight excluding hydrogens is 274 g/mol. The van der Waals surface area contributed by atoms with Crippen molar-refractivity contribution >= 4 is 17.5 Å². The lowest BCUT2D eigenvalue weighted by Gasteiger charge is -2.24. The first-order chi connectivity index (χ1) is 9.66. The fourth-order valence-corrected chi connectivity index (χ4v) is 2.59. The van der Waals surface area contributed by atoms with Crippen LogP contribution in [0.3, 0.4) is 0 Å². The van der Waals surface area contributed by atoms with Crippen LogP contribution < -0.4 is 5.32 Å². The van der Waals surface area contributed by atoms with E-state index in [4.69, 9.17) is 11.6 Å². The van der Waals surface area contributed by atoms with E-state index in [1.165, 1.54) is 0 Å². The second-order valence-electron chi connectivity index (χ2n) is 5.25. The Bertz CT molecular complexity index is 444. The van der Waals surface area contributed by atoms with Gasteiger partial charge in [0.25, 0.3) is 0 Å². The minimum atomic E-state index is 0.197. The van der Waals surface area contributed by atoms with E-state index in [9.17, 15) is 4.79 Å². The Morgan fingerprint density at radius 2 is 2.15 bits per heavy atom. The fraction of sp³-hybridized carbons (Fsp3) is 0.533. The average molecular weight is 296 g/mol. The van der Waals surface area contributed by atoms with Crippen LogP contribution in [0.4, 0.5) is 0 Å². The minimum absolute atomic E-state index is 0.197. The number of amides is 1. The Balaban J connectivity index is 1.85. The molecule has 110 valence electrons. The second kappa shape index (κ2) is 7.62. The van der Waals surface area contributed by atoms with E-state index in [0.717, 1.165) is 43.2 Å². The lowest BCUT2D eigenvalue weighted by molar-refractivity contribution is -0.132. The highest BCUT2D eigenvalue weighted by Crippen LogP contribution is 2.16. The first-order valence-corrected chi connectivity index (χ1v) is 7.45. The molecule has 0 aromatic heterocycles. The van der Waals surface area contributed by atoms with Crippen molar-refractivity contribution in [2.45, 2.75) is 13.0 Å². The first-order valence-electron chi connectivity index (χ1n) is 7.07. The zero-order chi connectivity index (χ0) is 14.4.